The van der Waals surface area contributed by atoms with Crippen LogP contribution in [0.4, 0.5) is 0 Å². The second kappa shape index (κ2) is 21.0. The zero-order valence-electron chi connectivity index (χ0n) is 31.7. The van der Waals surface area contributed by atoms with E-state index in [0.29, 0.717) is 71.0 Å². The number of rotatable bonds is 19. The Morgan fingerprint density at radius 1 is 0.780 bits per heavy atom. The van der Waals surface area contributed by atoms with Gasteiger partial charge in [-0.3, -0.25) is 14.4 Å². The molecule has 5 unspecified atom stereocenters. The summed E-state index contributed by atoms with van der Waals surface area (Å²) in [6, 6.07) is -0.665. The normalized spacial score (nSPS) is 26.3. The monoisotopic (exact) mass is 727 g/mol. The van der Waals surface area contributed by atoms with Crippen LogP contribution in [0.3, 0.4) is 0 Å². The summed E-state index contributed by atoms with van der Waals surface area (Å²) in [4.78, 5) is 47.4. The zero-order chi connectivity index (χ0) is 36.8. The number of hydrazine groups is 1. The first-order valence-corrected chi connectivity index (χ1v) is 21.3. The number of unbranched alkanes of at least 4 members (excludes halogenated alkanes) is 1. The van der Waals surface area contributed by atoms with Gasteiger partial charge in [0, 0.05) is 58.0 Å². The van der Waals surface area contributed by atoms with Crippen molar-refractivity contribution in [2.45, 2.75) is 153 Å². The third-order valence-corrected chi connectivity index (χ3v) is 13.0. The Bertz CT molecular complexity index is 1150. The quantitative estimate of drug-likeness (QED) is 0.146. The van der Waals surface area contributed by atoms with E-state index in [1.165, 1.54) is 4.90 Å². The molecule has 3 fully saturated rings. The van der Waals surface area contributed by atoms with Gasteiger partial charge in [-0.1, -0.05) is 46.5 Å². The Labute approximate surface area is 302 Å². The van der Waals surface area contributed by atoms with Gasteiger partial charge in [-0.2, -0.15) is 0 Å². The minimum atomic E-state index is -3.63. The Balaban J connectivity index is 1.83. The van der Waals surface area contributed by atoms with Crippen LogP contribution in [0.1, 0.15) is 130 Å². The average molecular weight is 728 g/mol. The minimum absolute atomic E-state index is 0.00285. The van der Waals surface area contributed by atoms with E-state index in [-0.39, 0.29) is 36.3 Å². The van der Waals surface area contributed by atoms with Crippen molar-refractivity contribution in [1.29, 1.82) is 0 Å². The Hall–Kier alpha value is -1.80. The zero-order valence-corrected chi connectivity index (χ0v) is 32.5. The number of aliphatic hydroxyl groups excluding tert-OH is 2. The molecule has 0 bridgehead atoms. The second-order valence-corrected chi connectivity index (χ2v) is 17.6. The van der Waals surface area contributed by atoms with Crippen LogP contribution < -0.4 is 10.1 Å². The van der Waals surface area contributed by atoms with Gasteiger partial charge < -0.3 is 25.3 Å². The van der Waals surface area contributed by atoms with E-state index in [1.807, 2.05) is 25.7 Å². The summed E-state index contributed by atoms with van der Waals surface area (Å²) < 4.78 is 26.8. The van der Waals surface area contributed by atoms with Crippen LogP contribution in [0.2, 0.25) is 0 Å². The van der Waals surface area contributed by atoms with Gasteiger partial charge in [-0.05, 0) is 89.4 Å². The van der Waals surface area contributed by atoms with E-state index >= 15 is 0 Å². The molecule has 0 heterocycles. The smallest absolute Gasteiger partial charge is 0.227 e. The molecule has 0 aromatic heterocycles. The standard InChI is InChI=1S/C37H69N5O7S/c1-6-9-21-42(39-50(48,49)32-13-11-10-12-14-32)26-34(44)33(22-27-15-17-31(43)18-16-27)38-35(45)28-23-29(36(46)40(4)5)25-30(24-28)37(47)41(19-7-2)20-8-3/h27-34,39,43-44H,6-26H2,1-5H3,(H,38,45). The maximum Gasteiger partial charge on any atom is 0.227 e. The molecule has 0 aromatic rings. The minimum Gasteiger partial charge on any atom is -0.393 e. The number of hydrogen-bond acceptors (Lipinski definition) is 8. The highest BCUT2D eigenvalue weighted by atomic mass is 32.2. The molecule has 0 aromatic carbocycles. The van der Waals surface area contributed by atoms with Crippen LogP contribution in [-0.4, -0.2) is 115 Å². The highest BCUT2D eigenvalue weighted by Gasteiger charge is 2.42. The van der Waals surface area contributed by atoms with E-state index in [1.54, 1.807) is 19.1 Å². The van der Waals surface area contributed by atoms with Gasteiger partial charge in [0.25, 0.3) is 0 Å². The van der Waals surface area contributed by atoms with Gasteiger partial charge in [-0.15, -0.1) is 4.83 Å². The van der Waals surface area contributed by atoms with Gasteiger partial charge >= 0.3 is 0 Å². The predicted molar refractivity (Wildman–Crippen MR) is 196 cm³/mol. The van der Waals surface area contributed by atoms with Gasteiger partial charge in [-0.25, -0.2) is 13.4 Å². The molecule has 0 spiro atoms. The van der Waals surface area contributed by atoms with E-state index < -0.39 is 45.2 Å². The highest BCUT2D eigenvalue weighted by Crippen LogP contribution is 2.36. The van der Waals surface area contributed by atoms with E-state index in [4.69, 9.17) is 0 Å². The lowest BCUT2D eigenvalue weighted by Gasteiger charge is -2.38. The van der Waals surface area contributed by atoms with Crippen molar-refractivity contribution in [3.05, 3.63) is 0 Å². The third-order valence-electron chi connectivity index (χ3n) is 11.1. The molecule has 12 nitrogen and oxygen atoms in total. The molecule has 3 amide bonds. The van der Waals surface area contributed by atoms with Gasteiger partial charge in [0.05, 0.1) is 23.5 Å². The van der Waals surface area contributed by atoms with Crippen molar-refractivity contribution in [3.63, 3.8) is 0 Å². The fraction of sp³-hybridized carbons (Fsp3) is 0.919. The van der Waals surface area contributed by atoms with Gasteiger partial charge in [0.2, 0.25) is 27.7 Å². The molecule has 5 atom stereocenters. The molecular weight excluding hydrogens is 659 g/mol. The molecule has 3 saturated carbocycles. The van der Waals surface area contributed by atoms with Crippen molar-refractivity contribution in [1.82, 2.24) is 25.0 Å². The number of carbonyl (C=O) groups excluding carboxylic acids is 3. The van der Waals surface area contributed by atoms with Crippen LogP contribution in [0.15, 0.2) is 0 Å². The molecular formula is C37H69N5O7S. The topological polar surface area (TPSA) is 160 Å². The Kier molecular flexibility index (Phi) is 17.9. The van der Waals surface area contributed by atoms with Gasteiger partial charge in [0.1, 0.15) is 0 Å². The molecule has 0 radical (unpaired) electrons. The largest absolute Gasteiger partial charge is 0.393 e. The predicted octanol–water partition coefficient (Wildman–Crippen LogP) is 3.81. The maximum atomic E-state index is 14.2. The van der Waals surface area contributed by atoms with Crippen molar-refractivity contribution >= 4 is 27.7 Å². The van der Waals surface area contributed by atoms with Crippen LogP contribution in [0.25, 0.3) is 0 Å². The van der Waals surface area contributed by atoms with Crippen LogP contribution in [0, 0.1) is 23.7 Å². The number of carbonyl (C=O) groups is 3. The summed E-state index contributed by atoms with van der Waals surface area (Å²) in [5.74, 6) is -1.69. The number of nitrogens with zero attached hydrogens (tertiary/aromatic N) is 3. The number of nitrogens with one attached hydrogen (secondary N) is 2. The molecule has 4 N–H and O–H groups in total. The first-order chi connectivity index (χ1) is 23.8. The summed E-state index contributed by atoms with van der Waals surface area (Å²) in [5, 5.41) is 26.2. The first kappa shape index (κ1) is 42.6. The SMILES string of the molecule is CCCCN(CC(O)C(CC1CCC(O)CC1)NC(=O)C1CC(C(=O)N(C)C)CC(C(=O)N(CCC)CCC)C1)NS(=O)(=O)C1CCCCC1. The number of hydrogen-bond donors (Lipinski definition) is 4. The van der Waals surface area contributed by atoms with Crippen LogP contribution in [0.5, 0.6) is 0 Å². The molecule has 50 heavy (non-hydrogen) atoms. The summed E-state index contributed by atoms with van der Waals surface area (Å²) in [6.07, 6.45) is 10.4. The third kappa shape index (κ3) is 13.0. The van der Waals surface area contributed by atoms with E-state index in [9.17, 15) is 33.0 Å². The van der Waals surface area contributed by atoms with Crippen molar-refractivity contribution in [2.24, 2.45) is 23.7 Å². The van der Waals surface area contributed by atoms with Crippen LogP contribution in [-0.2, 0) is 24.4 Å². The van der Waals surface area contributed by atoms with E-state index in [0.717, 1.165) is 57.8 Å². The summed E-state index contributed by atoms with van der Waals surface area (Å²) in [7, 11) is -0.235. The van der Waals surface area contributed by atoms with Gasteiger partial charge in [0.15, 0.2) is 0 Å². The lowest BCUT2D eigenvalue weighted by molar-refractivity contribution is -0.143. The number of sulfonamides is 1. The Morgan fingerprint density at radius 3 is 1.92 bits per heavy atom. The summed E-state index contributed by atoms with van der Waals surface area (Å²) in [5.41, 5.74) is 0. The fourth-order valence-corrected chi connectivity index (χ4v) is 9.92. The van der Waals surface area contributed by atoms with Crippen molar-refractivity contribution in [3.8, 4) is 0 Å². The average Bonchev–Trinajstić information content (AvgIpc) is 3.10. The van der Waals surface area contributed by atoms with Crippen molar-refractivity contribution < 1.29 is 33.0 Å². The molecule has 3 aliphatic rings. The fourth-order valence-electron chi connectivity index (χ4n) is 8.29. The van der Waals surface area contributed by atoms with E-state index in [2.05, 4.69) is 10.1 Å². The molecule has 13 heteroatoms. The summed E-state index contributed by atoms with van der Waals surface area (Å²) in [6.45, 7) is 7.82. The lowest BCUT2D eigenvalue weighted by atomic mass is 9.73. The molecule has 0 aliphatic heterocycles. The second-order valence-electron chi connectivity index (χ2n) is 15.6. The Morgan fingerprint density at radius 2 is 1.36 bits per heavy atom. The number of aliphatic hydroxyl groups is 2. The molecule has 290 valence electrons. The van der Waals surface area contributed by atoms with Crippen LogP contribution >= 0.6 is 0 Å². The highest BCUT2D eigenvalue weighted by molar-refractivity contribution is 7.90. The number of amides is 3. The maximum absolute atomic E-state index is 14.2. The first-order valence-electron chi connectivity index (χ1n) is 19.7. The lowest BCUT2D eigenvalue weighted by Crippen LogP contribution is -2.55. The summed E-state index contributed by atoms with van der Waals surface area (Å²) >= 11 is 0. The van der Waals surface area contributed by atoms with Crippen molar-refractivity contribution in [2.75, 3.05) is 40.3 Å². The molecule has 0 saturated heterocycles. The molecule has 3 aliphatic carbocycles. The molecule has 3 rings (SSSR count).